The van der Waals surface area contributed by atoms with Crippen LogP contribution in [0.25, 0.3) is 0 Å². The van der Waals surface area contributed by atoms with Crippen LogP contribution in [0.2, 0.25) is 0 Å². The Morgan fingerprint density at radius 2 is 1.22 bits per heavy atom. The van der Waals surface area contributed by atoms with E-state index in [4.69, 9.17) is 9.47 Å². The fourth-order valence-electron chi connectivity index (χ4n) is 3.18. The van der Waals surface area contributed by atoms with Crippen molar-refractivity contribution in [2.75, 3.05) is 83.7 Å². The second-order valence-corrected chi connectivity index (χ2v) is 6.23. The Balaban J connectivity index is 1.52. The Morgan fingerprint density at radius 1 is 0.739 bits per heavy atom. The monoisotopic (exact) mass is 319 g/mol. The van der Waals surface area contributed by atoms with E-state index < -0.39 is 0 Å². The predicted octanol–water partition coefficient (Wildman–Crippen LogP) is 1.16. The van der Waals surface area contributed by atoms with Crippen molar-refractivity contribution >= 4 is 5.69 Å². The van der Waals surface area contributed by atoms with Gasteiger partial charge in [-0.2, -0.15) is 0 Å². The van der Waals surface area contributed by atoms with Gasteiger partial charge in [-0.15, -0.1) is 0 Å². The number of nitrogens with zero attached hydrogens (tertiary/aromatic N) is 3. The second kappa shape index (κ2) is 9.23. The smallest absolute Gasteiger partial charge is 0.0594 e. The molecule has 5 nitrogen and oxygen atoms in total. The van der Waals surface area contributed by atoms with E-state index >= 15 is 0 Å². The highest BCUT2D eigenvalue weighted by atomic mass is 16.5. The lowest BCUT2D eigenvalue weighted by Crippen LogP contribution is -2.45. The summed E-state index contributed by atoms with van der Waals surface area (Å²) in [6.45, 7) is 12.1. The molecule has 1 aromatic rings. The van der Waals surface area contributed by atoms with Gasteiger partial charge in [0.1, 0.15) is 0 Å². The zero-order chi connectivity index (χ0) is 15.7. The SMILES string of the molecule is c1ccc(N(CCN2CCOCC2)CCN2CCOCC2)cc1. The number of rotatable bonds is 7. The third-order valence-corrected chi connectivity index (χ3v) is 4.70. The summed E-state index contributed by atoms with van der Waals surface area (Å²) in [5.41, 5.74) is 1.33. The maximum Gasteiger partial charge on any atom is 0.0594 e. The molecule has 0 N–H and O–H groups in total. The molecule has 0 aromatic heterocycles. The fourth-order valence-corrected chi connectivity index (χ4v) is 3.18. The van der Waals surface area contributed by atoms with Crippen LogP contribution in [0, 0.1) is 0 Å². The lowest BCUT2D eigenvalue weighted by Gasteiger charge is -2.33. The first-order chi connectivity index (χ1) is 11.4. The third kappa shape index (κ3) is 5.46. The maximum atomic E-state index is 5.44. The number of ether oxygens (including phenoxy) is 2. The van der Waals surface area contributed by atoms with Crippen LogP contribution >= 0.6 is 0 Å². The Hall–Kier alpha value is -1.14. The van der Waals surface area contributed by atoms with Crippen molar-refractivity contribution in [1.29, 1.82) is 0 Å². The molecule has 0 aliphatic carbocycles. The standard InChI is InChI=1S/C18H29N3O2/c1-2-4-18(5-3-1)21(8-6-19-10-14-22-15-11-19)9-7-20-12-16-23-17-13-20/h1-5H,6-17H2. The van der Waals surface area contributed by atoms with Crippen LogP contribution in [0.15, 0.2) is 30.3 Å². The Morgan fingerprint density at radius 3 is 1.70 bits per heavy atom. The maximum absolute atomic E-state index is 5.44. The van der Waals surface area contributed by atoms with Gasteiger partial charge in [0.05, 0.1) is 26.4 Å². The van der Waals surface area contributed by atoms with E-state index in [1.54, 1.807) is 0 Å². The van der Waals surface area contributed by atoms with Gasteiger partial charge in [-0.05, 0) is 12.1 Å². The molecule has 2 saturated heterocycles. The van der Waals surface area contributed by atoms with E-state index in [1.165, 1.54) is 5.69 Å². The molecule has 128 valence electrons. The summed E-state index contributed by atoms with van der Waals surface area (Å²) in [4.78, 5) is 7.53. The van der Waals surface area contributed by atoms with E-state index in [0.717, 1.165) is 78.8 Å². The Labute approximate surface area is 139 Å². The molecule has 2 heterocycles. The minimum Gasteiger partial charge on any atom is -0.379 e. The van der Waals surface area contributed by atoms with Crippen LogP contribution in [0.4, 0.5) is 5.69 Å². The third-order valence-electron chi connectivity index (χ3n) is 4.70. The van der Waals surface area contributed by atoms with Crippen LogP contribution in [-0.2, 0) is 9.47 Å². The molecule has 2 aliphatic rings. The molecule has 23 heavy (non-hydrogen) atoms. The van der Waals surface area contributed by atoms with Gasteiger partial charge in [-0.3, -0.25) is 9.80 Å². The van der Waals surface area contributed by atoms with Crippen LogP contribution in [0.3, 0.4) is 0 Å². The van der Waals surface area contributed by atoms with Gasteiger partial charge in [0.15, 0.2) is 0 Å². The number of hydrogen-bond acceptors (Lipinski definition) is 5. The van der Waals surface area contributed by atoms with Gasteiger partial charge in [0.2, 0.25) is 0 Å². The highest BCUT2D eigenvalue weighted by Crippen LogP contribution is 2.13. The molecule has 2 aliphatic heterocycles. The highest BCUT2D eigenvalue weighted by Gasteiger charge is 2.15. The van der Waals surface area contributed by atoms with Crippen LogP contribution < -0.4 is 4.90 Å². The zero-order valence-electron chi connectivity index (χ0n) is 14.0. The molecular weight excluding hydrogens is 290 g/mol. The lowest BCUT2D eigenvalue weighted by atomic mass is 10.2. The van der Waals surface area contributed by atoms with E-state index in [0.29, 0.717) is 0 Å². The summed E-state index contributed by atoms with van der Waals surface area (Å²) in [7, 11) is 0. The molecule has 2 fully saturated rings. The second-order valence-electron chi connectivity index (χ2n) is 6.23. The molecule has 0 radical (unpaired) electrons. The molecule has 0 spiro atoms. The number of benzene rings is 1. The number of anilines is 1. The van der Waals surface area contributed by atoms with Crippen LogP contribution in [0.5, 0.6) is 0 Å². The first kappa shape index (κ1) is 16.7. The van der Waals surface area contributed by atoms with E-state index in [-0.39, 0.29) is 0 Å². The van der Waals surface area contributed by atoms with Gasteiger partial charge in [0.25, 0.3) is 0 Å². The lowest BCUT2D eigenvalue weighted by molar-refractivity contribution is 0.0368. The quantitative estimate of drug-likeness (QED) is 0.752. The van der Waals surface area contributed by atoms with Crippen molar-refractivity contribution in [3.8, 4) is 0 Å². The molecule has 0 amide bonds. The summed E-state index contributed by atoms with van der Waals surface area (Å²) < 4.78 is 10.9. The summed E-state index contributed by atoms with van der Waals surface area (Å²) in [5.74, 6) is 0. The molecule has 5 heteroatoms. The fraction of sp³-hybridized carbons (Fsp3) is 0.667. The van der Waals surface area contributed by atoms with Crippen LogP contribution in [-0.4, -0.2) is 88.6 Å². The molecular formula is C18H29N3O2. The topological polar surface area (TPSA) is 28.2 Å². The van der Waals surface area contributed by atoms with Gasteiger partial charge in [0, 0.05) is 58.0 Å². The molecule has 0 atom stereocenters. The summed E-state index contributed by atoms with van der Waals surface area (Å²) in [6.07, 6.45) is 0. The minimum atomic E-state index is 0.874. The molecule has 0 bridgehead atoms. The zero-order valence-corrected chi connectivity index (χ0v) is 14.0. The largest absolute Gasteiger partial charge is 0.379 e. The van der Waals surface area contributed by atoms with Crippen LogP contribution in [0.1, 0.15) is 0 Å². The molecule has 1 aromatic carbocycles. The number of morpholine rings is 2. The van der Waals surface area contributed by atoms with Crippen molar-refractivity contribution in [1.82, 2.24) is 9.80 Å². The summed E-state index contributed by atoms with van der Waals surface area (Å²) >= 11 is 0. The van der Waals surface area contributed by atoms with Crippen molar-refractivity contribution < 1.29 is 9.47 Å². The summed E-state index contributed by atoms with van der Waals surface area (Å²) in [6, 6.07) is 10.8. The predicted molar refractivity (Wildman–Crippen MR) is 93.2 cm³/mol. The van der Waals surface area contributed by atoms with E-state index in [1.807, 2.05) is 0 Å². The van der Waals surface area contributed by atoms with Gasteiger partial charge in [-0.1, -0.05) is 18.2 Å². The van der Waals surface area contributed by atoms with E-state index in [2.05, 4.69) is 45.0 Å². The Kier molecular flexibility index (Phi) is 6.70. The summed E-state index contributed by atoms with van der Waals surface area (Å²) in [5, 5.41) is 0. The first-order valence-corrected chi connectivity index (χ1v) is 8.82. The van der Waals surface area contributed by atoms with Crippen molar-refractivity contribution in [2.45, 2.75) is 0 Å². The van der Waals surface area contributed by atoms with Gasteiger partial charge >= 0.3 is 0 Å². The molecule has 0 saturated carbocycles. The number of para-hydroxylation sites is 1. The number of hydrogen-bond donors (Lipinski definition) is 0. The molecule has 3 rings (SSSR count). The first-order valence-electron chi connectivity index (χ1n) is 8.82. The van der Waals surface area contributed by atoms with Crippen molar-refractivity contribution in [3.05, 3.63) is 30.3 Å². The van der Waals surface area contributed by atoms with E-state index in [9.17, 15) is 0 Å². The average molecular weight is 319 g/mol. The molecule has 0 unspecified atom stereocenters. The Bertz CT molecular complexity index is 409. The normalized spacial score (nSPS) is 20.5. The highest BCUT2D eigenvalue weighted by molar-refractivity contribution is 5.45. The average Bonchev–Trinajstić information content (AvgIpc) is 2.64. The van der Waals surface area contributed by atoms with Crippen molar-refractivity contribution in [3.63, 3.8) is 0 Å². The van der Waals surface area contributed by atoms with Gasteiger partial charge < -0.3 is 14.4 Å². The minimum absolute atomic E-state index is 0.874. The van der Waals surface area contributed by atoms with Crippen molar-refractivity contribution in [2.24, 2.45) is 0 Å². The van der Waals surface area contributed by atoms with Gasteiger partial charge in [-0.25, -0.2) is 0 Å².